The molecule has 0 saturated heterocycles. The fraction of sp³-hybridized carbons (Fsp3) is 0.353. The number of hydrogen-bond donors (Lipinski definition) is 1. The Labute approximate surface area is 135 Å². The summed E-state index contributed by atoms with van der Waals surface area (Å²) in [5.74, 6) is 0.535. The van der Waals surface area contributed by atoms with Crippen molar-refractivity contribution in [3.05, 3.63) is 47.9 Å². The lowest BCUT2D eigenvalue weighted by atomic mass is 10.3. The van der Waals surface area contributed by atoms with Gasteiger partial charge in [-0.2, -0.15) is 0 Å². The Bertz CT molecular complexity index is 686. The Morgan fingerprint density at radius 1 is 1.35 bits per heavy atom. The van der Waals surface area contributed by atoms with Gasteiger partial charge >= 0.3 is 6.03 Å². The minimum Gasteiger partial charge on any atom is -0.481 e. The molecule has 0 bridgehead atoms. The summed E-state index contributed by atoms with van der Waals surface area (Å²) in [4.78, 5) is 23.1. The highest BCUT2D eigenvalue weighted by Crippen LogP contribution is 2.29. The zero-order chi connectivity index (χ0) is 16.2. The van der Waals surface area contributed by atoms with Crippen molar-refractivity contribution in [2.75, 3.05) is 12.4 Å². The minimum atomic E-state index is -0.117. The van der Waals surface area contributed by atoms with Crippen LogP contribution >= 0.6 is 0 Å². The van der Waals surface area contributed by atoms with Gasteiger partial charge in [-0.15, -0.1) is 0 Å². The van der Waals surface area contributed by atoms with Crippen molar-refractivity contribution < 1.29 is 9.53 Å². The number of pyridine rings is 2. The number of ether oxygens (including phenoxy) is 1. The fourth-order valence-corrected chi connectivity index (χ4v) is 2.39. The van der Waals surface area contributed by atoms with E-state index in [1.165, 1.54) is 0 Å². The molecule has 1 saturated carbocycles. The maximum absolute atomic E-state index is 12.6. The molecule has 1 fully saturated rings. The lowest BCUT2D eigenvalue weighted by Gasteiger charge is -2.23. The molecule has 1 aliphatic carbocycles. The molecule has 0 spiro atoms. The summed E-state index contributed by atoms with van der Waals surface area (Å²) in [7, 11) is 1.57. The number of aromatic nitrogens is 2. The smallest absolute Gasteiger partial charge is 0.322 e. The van der Waals surface area contributed by atoms with Crippen molar-refractivity contribution in [1.29, 1.82) is 0 Å². The van der Waals surface area contributed by atoms with Gasteiger partial charge in [0.25, 0.3) is 0 Å². The van der Waals surface area contributed by atoms with Crippen LogP contribution in [-0.4, -0.2) is 34.1 Å². The minimum absolute atomic E-state index is 0.117. The number of nitrogens with zero attached hydrogens (tertiary/aromatic N) is 3. The van der Waals surface area contributed by atoms with Gasteiger partial charge < -0.3 is 15.0 Å². The Hall–Kier alpha value is -2.63. The van der Waals surface area contributed by atoms with Crippen LogP contribution in [0.3, 0.4) is 0 Å². The number of carbonyl (C=O) groups is 1. The first kappa shape index (κ1) is 15.3. The number of urea groups is 1. The van der Waals surface area contributed by atoms with E-state index >= 15 is 0 Å². The molecule has 23 heavy (non-hydrogen) atoms. The Kier molecular flexibility index (Phi) is 4.41. The molecule has 0 atom stereocenters. The fourth-order valence-electron chi connectivity index (χ4n) is 2.39. The SMILES string of the molecule is COc1ccc(NC(=O)N(Cc2ccccn2)C2CC2)c(C)n1. The number of nitrogens with one attached hydrogen (secondary N) is 1. The quantitative estimate of drug-likeness (QED) is 0.921. The van der Waals surface area contributed by atoms with E-state index in [2.05, 4.69) is 15.3 Å². The van der Waals surface area contributed by atoms with E-state index in [4.69, 9.17) is 4.74 Å². The molecule has 6 nitrogen and oxygen atoms in total. The third-order valence-electron chi connectivity index (χ3n) is 3.82. The third kappa shape index (κ3) is 3.77. The van der Waals surface area contributed by atoms with Crippen LogP contribution in [0.1, 0.15) is 24.2 Å². The molecule has 1 N–H and O–H groups in total. The van der Waals surface area contributed by atoms with E-state index in [9.17, 15) is 4.79 Å². The molecule has 0 unspecified atom stereocenters. The molecule has 1 aliphatic rings. The van der Waals surface area contributed by atoms with Crippen molar-refractivity contribution >= 4 is 11.7 Å². The molecule has 6 heteroatoms. The van der Waals surface area contributed by atoms with Crippen LogP contribution in [0.15, 0.2) is 36.5 Å². The number of rotatable bonds is 5. The first-order valence-corrected chi connectivity index (χ1v) is 7.66. The van der Waals surface area contributed by atoms with Crippen LogP contribution in [-0.2, 0) is 6.54 Å². The molecule has 0 aromatic carbocycles. The summed E-state index contributed by atoms with van der Waals surface area (Å²) in [6, 6.07) is 9.47. The third-order valence-corrected chi connectivity index (χ3v) is 3.82. The zero-order valence-electron chi connectivity index (χ0n) is 13.3. The summed E-state index contributed by atoms with van der Waals surface area (Å²) < 4.78 is 5.09. The number of carbonyl (C=O) groups excluding carboxylic acids is 1. The predicted molar refractivity (Wildman–Crippen MR) is 87.3 cm³/mol. The zero-order valence-corrected chi connectivity index (χ0v) is 13.3. The second-order valence-corrected chi connectivity index (χ2v) is 5.60. The van der Waals surface area contributed by atoms with Crippen molar-refractivity contribution in [3.8, 4) is 5.88 Å². The van der Waals surface area contributed by atoms with Gasteiger partial charge in [0.1, 0.15) is 0 Å². The molecule has 0 radical (unpaired) electrons. The number of hydrogen-bond acceptors (Lipinski definition) is 4. The summed E-state index contributed by atoms with van der Waals surface area (Å²) in [6.45, 7) is 2.36. The van der Waals surface area contributed by atoms with Crippen molar-refractivity contribution in [1.82, 2.24) is 14.9 Å². The Balaban J connectivity index is 1.72. The van der Waals surface area contributed by atoms with Gasteiger partial charge in [-0.1, -0.05) is 6.07 Å². The van der Waals surface area contributed by atoms with Crippen molar-refractivity contribution in [3.63, 3.8) is 0 Å². The highest BCUT2D eigenvalue weighted by Gasteiger charge is 2.33. The van der Waals surface area contributed by atoms with Gasteiger partial charge in [0.15, 0.2) is 0 Å². The van der Waals surface area contributed by atoms with E-state index in [0.29, 0.717) is 24.2 Å². The van der Waals surface area contributed by atoms with E-state index in [1.807, 2.05) is 36.1 Å². The number of amides is 2. The van der Waals surface area contributed by atoms with E-state index < -0.39 is 0 Å². The van der Waals surface area contributed by atoms with Gasteiger partial charge in [-0.05, 0) is 38.0 Å². The monoisotopic (exact) mass is 312 g/mol. The van der Waals surface area contributed by atoms with Crippen LogP contribution in [0.5, 0.6) is 5.88 Å². The number of methoxy groups -OCH3 is 1. The highest BCUT2D eigenvalue weighted by molar-refractivity contribution is 5.90. The highest BCUT2D eigenvalue weighted by atomic mass is 16.5. The first-order valence-electron chi connectivity index (χ1n) is 7.66. The molecule has 2 heterocycles. The Morgan fingerprint density at radius 2 is 2.17 bits per heavy atom. The molecule has 2 aromatic heterocycles. The molecule has 3 rings (SSSR count). The number of aryl methyl sites for hydroxylation is 1. The van der Waals surface area contributed by atoms with Gasteiger partial charge in [-0.25, -0.2) is 9.78 Å². The van der Waals surface area contributed by atoms with Crippen molar-refractivity contribution in [2.24, 2.45) is 0 Å². The van der Waals surface area contributed by atoms with Crippen LogP contribution in [0.2, 0.25) is 0 Å². The van der Waals surface area contributed by atoms with E-state index in [1.54, 1.807) is 19.4 Å². The molecule has 2 amide bonds. The van der Waals surface area contributed by atoms with Gasteiger partial charge in [0.05, 0.1) is 30.7 Å². The molecule has 120 valence electrons. The van der Waals surface area contributed by atoms with Gasteiger partial charge in [0, 0.05) is 18.3 Å². The van der Waals surface area contributed by atoms with Gasteiger partial charge in [0.2, 0.25) is 5.88 Å². The normalized spacial score (nSPS) is 13.5. The maximum atomic E-state index is 12.6. The largest absolute Gasteiger partial charge is 0.481 e. The molecular formula is C17H20N4O2. The topological polar surface area (TPSA) is 67.3 Å². The maximum Gasteiger partial charge on any atom is 0.322 e. The predicted octanol–water partition coefficient (Wildman–Crippen LogP) is 2.99. The standard InChI is InChI=1S/C17H20N4O2/c1-12-15(8-9-16(19-12)23-2)20-17(22)21(14-6-7-14)11-13-5-3-4-10-18-13/h3-5,8-10,14H,6-7,11H2,1-2H3,(H,20,22). The second-order valence-electron chi connectivity index (χ2n) is 5.60. The molecule has 0 aliphatic heterocycles. The summed E-state index contributed by atoms with van der Waals surface area (Å²) in [6.07, 6.45) is 3.83. The second kappa shape index (κ2) is 6.64. The summed E-state index contributed by atoms with van der Waals surface area (Å²) in [5, 5.41) is 2.94. The Morgan fingerprint density at radius 3 is 2.78 bits per heavy atom. The van der Waals surface area contributed by atoms with Crippen LogP contribution < -0.4 is 10.1 Å². The van der Waals surface area contributed by atoms with E-state index in [0.717, 1.165) is 24.2 Å². The van der Waals surface area contributed by atoms with Crippen molar-refractivity contribution in [2.45, 2.75) is 32.4 Å². The summed E-state index contributed by atoms with van der Waals surface area (Å²) in [5.41, 5.74) is 2.31. The van der Waals surface area contributed by atoms with E-state index in [-0.39, 0.29) is 6.03 Å². The van der Waals surface area contributed by atoms with Crippen LogP contribution in [0.4, 0.5) is 10.5 Å². The lowest BCUT2D eigenvalue weighted by molar-refractivity contribution is 0.205. The molecular weight excluding hydrogens is 292 g/mol. The lowest BCUT2D eigenvalue weighted by Crippen LogP contribution is -2.36. The average Bonchev–Trinajstić information content (AvgIpc) is 3.40. The summed E-state index contributed by atoms with van der Waals surface area (Å²) >= 11 is 0. The van der Waals surface area contributed by atoms with Crippen LogP contribution in [0, 0.1) is 6.92 Å². The number of anilines is 1. The average molecular weight is 312 g/mol. The van der Waals surface area contributed by atoms with Gasteiger partial charge in [-0.3, -0.25) is 4.98 Å². The first-order chi connectivity index (χ1) is 11.2. The van der Waals surface area contributed by atoms with Crippen LogP contribution in [0.25, 0.3) is 0 Å². The molecule has 2 aromatic rings.